The number of halogens is 2. The van der Waals surface area contributed by atoms with Gasteiger partial charge in [-0.05, 0) is 75.1 Å². The molecule has 164 valence electrons. The number of hydrogen-bond donors (Lipinski definition) is 0. The van der Waals surface area contributed by atoms with E-state index in [4.69, 9.17) is 0 Å². The molecule has 0 N–H and O–H groups in total. The third-order valence-corrected chi connectivity index (χ3v) is 6.62. The number of benzene rings is 2. The molecule has 3 heteroatoms. The quantitative estimate of drug-likeness (QED) is 0.409. The fraction of sp³-hybridized carbons (Fsp3) is 0.556. The SMILES string of the molecule is CCCN(CCc1ccccc1)C(C)CCc1ccc(C2C(F)CCCC2F)cc1. The minimum atomic E-state index is -1.05. The third-order valence-electron chi connectivity index (χ3n) is 6.62. The summed E-state index contributed by atoms with van der Waals surface area (Å²) in [6, 6.07) is 19.2. The third kappa shape index (κ3) is 6.38. The maximum atomic E-state index is 14.2. The molecule has 3 rings (SSSR count). The highest BCUT2D eigenvalue weighted by atomic mass is 19.1. The Labute approximate surface area is 181 Å². The Kier molecular flexibility index (Phi) is 8.87. The maximum absolute atomic E-state index is 14.2. The average Bonchev–Trinajstić information content (AvgIpc) is 2.76. The molecule has 1 saturated carbocycles. The number of aryl methyl sites for hydroxylation is 1. The zero-order valence-electron chi connectivity index (χ0n) is 18.6. The number of nitrogens with zero attached hydrogens (tertiary/aromatic N) is 1. The van der Waals surface area contributed by atoms with Crippen LogP contribution in [0.2, 0.25) is 0 Å². The van der Waals surface area contributed by atoms with Gasteiger partial charge < -0.3 is 4.90 Å². The summed E-state index contributed by atoms with van der Waals surface area (Å²) in [6.45, 7) is 6.75. The van der Waals surface area contributed by atoms with Gasteiger partial charge in [-0.3, -0.25) is 0 Å². The summed E-state index contributed by atoms with van der Waals surface area (Å²) in [6.07, 6.45) is 3.86. The van der Waals surface area contributed by atoms with E-state index >= 15 is 0 Å². The minimum absolute atomic E-state index is 0.487. The lowest BCUT2D eigenvalue weighted by molar-refractivity contribution is 0.124. The van der Waals surface area contributed by atoms with Gasteiger partial charge in [0, 0.05) is 18.5 Å². The topological polar surface area (TPSA) is 3.24 Å². The van der Waals surface area contributed by atoms with E-state index in [1.165, 1.54) is 11.1 Å². The Morgan fingerprint density at radius 1 is 0.867 bits per heavy atom. The van der Waals surface area contributed by atoms with Crippen LogP contribution in [0.4, 0.5) is 8.78 Å². The predicted molar refractivity (Wildman–Crippen MR) is 123 cm³/mol. The molecule has 3 atom stereocenters. The monoisotopic (exact) mass is 413 g/mol. The van der Waals surface area contributed by atoms with Gasteiger partial charge in [0.1, 0.15) is 12.3 Å². The van der Waals surface area contributed by atoms with E-state index < -0.39 is 18.3 Å². The Morgan fingerprint density at radius 2 is 1.50 bits per heavy atom. The molecule has 2 aromatic rings. The van der Waals surface area contributed by atoms with Crippen molar-refractivity contribution >= 4 is 0 Å². The molecule has 1 aliphatic carbocycles. The first-order valence-corrected chi connectivity index (χ1v) is 11.7. The van der Waals surface area contributed by atoms with E-state index in [9.17, 15) is 8.78 Å². The second-order valence-corrected chi connectivity index (χ2v) is 8.89. The highest BCUT2D eigenvalue weighted by Gasteiger charge is 2.34. The van der Waals surface area contributed by atoms with E-state index in [0.29, 0.717) is 25.3 Å². The van der Waals surface area contributed by atoms with Gasteiger partial charge in [-0.25, -0.2) is 8.78 Å². The van der Waals surface area contributed by atoms with Gasteiger partial charge >= 0.3 is 0 Å². The molecule has 0 radical (unpaired) electrons. The van der Waals surface area contributed by atoms with Crippen molar-refractivity contribution in [3.05, 3.63) is 71.3 Å². The summed E-state index contributed by atoms with van der Waals surface area (Å²) in [7, 11) is 0. The maximum Gasteiger partial charge on any atom is 0.110 e. The van der Waals surface area contributed by atoms with Gasteiger partial charge in [-0.2, -0.15) is 0 Å². The molecule has 0 heterocycles. The zero-order chi connectivity index (χ0) is 21.3. The summed E-state index contributed by atoms with van der Waals surface area (Å²) in [5, 5.41) is 0. The van der Waals surface area contributed by atoms with Gasteiger partial charge in [0.15, 0.2) is 0 Å². The molecule has 1 fully saturated rings. The van der Waals surface area contributed by atoms with Crippen molar-refractivity contribution < 1.29 is 8.78 Å². The number of alkyl halides is 2. The van der Waals surface area contributed by atoms with Crippen LogP contribution < -0.4 is 0 Å². The second kappa shape index (κ2) is 11.6. The molecule has 0 aromatic heterocycles. The van der Waals surface area contributed by atoms with Crippen LogP contribution in [0.25, 0.3) is 0 Å². The summed E-state index contributed by atoms with van der Waals surface area (Å²) in [5.74, 6) is -0.579. The highest BCUT2D eigenvalue weighted by Crippen LogP contribution is 2.37. The van der Waals surface area contributed by atoms with Crippen LogP contribution in [0, 0.1) is 0 Å². The van der Waals surface area contributed by atoms with Gasteiger partial charge in [-0.15, -0.1) is 0 Å². The molecule has 0 amide bonds. The lowest BCUT2D eigenvalue weighted by Gasteiger charge is -2.30. The fourth-order valence-electron chi connectivity index (χ4n) is 4.73. The molecule has 0 aliphatic heterocycles. The number of hydrogen-bond acceptors (Lipinski definition) is 1. The summed E-state index contributed by atoms with van der Waals surface area (Å²) < 4.78 is 28.5. The van der Waals surface area contributed by atoms with Crippen LogP contribution in [0.3, 0.4) is 0 Å². The lowest BCUT2D eigenvalue weighted by atomic mass is 9.81. The first-order chi connectivity index (χ1) is 14.6. The smallest absolute Gasteiger partial charge is 0.110 e. The van der Waals surface area contributed by atoms with E-state index in [-0.39, 0.29) is 0 Å². The molecule has 0 spiro atoms. The van der Waals surface area contributed by atoms with Gasteiger partial charge in [0.05, 0.1) is 0 Å². The van der Waals surface area contributed by atoms with Crippen LogP contribution in [-0.2, 0) is 12.8 Å². The van der Waals surface area contributed by atoms with Crippen molar-refractivity contribution in [2.24, 2.45) is 0 Å². The van der Waals surface area contributed by atoms with Crippen LogP contribution in [0.15, 0.2) is 54.6 Å². The van der Waals surface area contributed by atoms with Crippen molar-refractivity contribution in [1.82, 2.24) is 4.90 Å². The molecular weight excluding hydrogens is 376 g/mol. The highest BCUT2D eigenvalue weighted by molar-refractivity contribution is 5.28. The lowest BCUT2D eigenvalue weighted by Crippen LogP contribution is -2.35. The molecule has 0 bridgehead atoms. The van der Waals surface area contributed by atoms with Crippen molar-refractivity contribution in [2.75, 3.05) is 13.1 Å². The van der Waals surface area contributed by atoms with Crippen LogP contribution in [0.1, 0.15) is 68.6 Å². The summed E-state index contributed by atoms with van der Waals surface area (Å²) in [4.78, 5) is 2.59. The van der Waals surface area contributed by atoms with Crippen molar-refractivity contribution in [1.29, 1.82) is 0 Å². The van der Waals surface area contributed by atoms with Crippen molar-refractivity contribution in [3.63, 3.8) is 0 Å². The van der Waals surface area contributed by atoms with Crippen molar-refractivity contribution in [3.8, 4) is 0 Å². The Hall–Kier alpha value is -1.74. The Balaban J connectivity index is 1.52. The van der Waals surface area contributed by atoms with E-state index in [1.54, 1.807) is 0 Å². The van der Waals surface area contributed by atoms with Crippen LogP contribution >= 0.6 is 0 Å². The Morgan fingerprint density at radius 3 is 2.13 bits per heavy atom. The Bertz CT molecular complexity index is 720. The molecule has 3 unspecified atom stereocenters. The van der Waals surface area contributed by atoms with Gasteiger partial charge in [-0.1, -0.05) is 61.5 Å². The van der Waals surface area contributed by atoms with Crippen LogP contribution in [-0.4, -0.2) is 36.4 Å². The standard InChI is InChI=1S/C27H37F2N/c1-3-19-30(20-18-22-8-5-4-6-9-22)21(2)12-13-23-14-16-24(17-15-23)27-25(28)10-7-11-26(27)29/h4-6,8-9,14-17,21,25-27H,3,7,10-13,18-20H2,1-2H3. The minimum Gasteiger partial charge on any atom is -0.300 e. The molecule has 30 heavy (non-hydrogen) atoms. The molecule has 1 nitrogen and oxygen atoms in total. The summed E-state index contributed by atoms with van der Waals surface area (Å²) >= 11 is 0. The van der Waals surface area contributed by atoms with E-state index in [2.05, 4.69) is 61.2 Å². The molecule has 2 aromatic carbocycles. The largest absolute Gasteiger partial charge is 0.300 e. The fourth-order valence-corrected chi connectivity index (χ4v) is 4.73. The van der Waals surface area contributed by atoms with E-state index in [1.807, 2.05) is 12.1 Å². The van der Waals surface area contributed by atoms with Gasteiger partial charge in [0.25, 0.3) is 0 Å². The first kappa shape index (κ1) is 22.9. The molecular formula is C27H37F2N. The van der Waals surface area contributed by atoms with Crippen molar-refractivity contribution in [2.45, 2.75) is 83.1 Å². The van der Waals surface area contributed by atoms with Crippen LogP contribution in [0.5, 0.6) is 0 Å². The second-order valence-electron chi connectivity index (χ2n) is 8.89. The predicted octanol–water partition coefficient (Wildman–Crippen LogP) is 6.91. The molecule has 0 saturated heterocycles. The van der Waals surface area contributed by atoms with Gasteiger partial charge in [0.2, 0.25) is 0 Å². The first-order valence-electron chi connectivity index (χ1n) is 11.7. The average molecular weight is 414 g/mol. The normalized spacial score (nSPS) is 22.9. The zero-order valence-corrected chi connectivity index (χ0v) is 18.6. The summed E-state index contributed by atoms with van der Waals surface area (Å²) in [5.41, 5.74) is 3.47. The molecule has 1 aliphatic rings. The van der Waals surface area contributed by atoms with E-state index in [0.717, 1.165) is 44.3 Å². The number of rotatable bonds is 10.